The topological polar surface area (TPSA) is 76.1 Å². The van der Waals surface area contributed by atoms with Crippen molar-refractivity contribution in [1.82, 2.24) is 9.97 Å². The van der Waals surface area contributed by atoms with Gasteiger partial charge in [0, 0.05) is 26.1 Å². The van der Waals surface area contributed by atoms with E-state index in [9.17, 15) is 4.79 Å². The molecule has 0 amide bonds. The minimum absolute atomic E-state index is 0.202. The molecule has 0 spiro atoms. The predicted molar refractivity (Wildman–Crippen MR) is 75.3 cm³/mol. The lowest BCUT2D eigenvalue weighted by Gasteiger charge is -2.09. The summed E-state index contributed by atoms with van der Waals surface area (Å²) >= 11 is 0. The van der Waals surface area contributed by atoms with Crippen molar-refractivity contribution in [3.8, 4) is 0 Å². The highest BCUT2D eigenvalue weighted by atomic mass is 16.5. The molecule has 6 nitrogen and oxygen atoms in total. The van der Waals surface area contributed by atoms with Crippen LogP contribution < -0.4 is 10.6 Å². The zero-order chi connectivity index (χ0) is 14.1. The van der Waals surface area contributed by atoms with Crippen LogP contribution in [0.25, 0.3) is 0 Å². The van der Waals surface area contributed by atoms with Gasteiger partial charge >= 0.3 is 5.97 Å². The highest BCUT2D eigenvalue weighted by molar-refractivity contribution is 5.70. The van der Waals surface area contributed by atoms with Crippen molar-refractivity contribution in [2.75, 3.05) is 30.8 Å². The molecule has 1 heterocycles. The number of carbonyl (C=O) groups is 1. The molecule has 19 heavy (non-hydrogen) atoms. The van der Waals surface area contributed by atoms with Crippen LogP contribution >= 0.6 is 0 Å². The fourth-order valence-corrected chi connectivity index (χ4v) is 1.58. The lowest BCUT2D eigenvalue weighted by atomic mass is 10.3. The molecule has 0 bridgehead atoms. The lowest BCUT2D eigenvalue weighted by Crippen LogP contribution is -2.13. The average Bonchev–Trinajstić information content (AvgIpc) is 2.39. The molecule has 0 aliphatic carbocycles. The molecule has 0 saturated carbocycles. The minimum atomic E-state index is -0.202. The number of carbonyl (C=O) groups excluding carboxylic acids is 1. The molecule has 1 aromatic heterocycles. The molecule has 1 rings (SSSR count). The van der Waals surface area contributed by atoms with E-state index in [1.165, 1.54) is 0 Å². The van der Waals surface area contributed by atoms with Gasteiger partial charge in [0.2, 0.25) is 0 Å². The third kappa shape index (κ3) is 5.54. The van der Waals surface area contributed by atoms with Gasteiger partial charge in [-0.3, -0.25) is 4.79 Å². The molecule has 6 heteroatoms. The number of esters is 1. The quantitative estimate of drug-likeness (QED) is 0.699. The Kier molecular flexibility index (Phi) is 6.63. The van der Waals surface area contributed by atoms with Crippen LogP contribution in [0.2, 0.25) is 0 Å². The molecule has 0 saturated heterocycles. The number of nitrogens with zero attached hydrogens (tertiary/aromatic N) is 2. The summed E-state index contributed by atoms with van der Waals surface area (Å²) in [6, 6.07) is 1.82. The SMILES string of the molecule is CCCc1nc(NC)cc(NCCC(=O)OCC)n1. The van der Waals surface area contributed by atoms with Crippen LogP contribution in [0.5, 0.6) is 0 Å². The van der Waals surface area contributed by atoms with Crippen LogP contribution in [0, 0.1) is 0 Å². The molecule has 0 aliphatic heterocycles. The summed E-state index contributed by atoms with van der Waals surface area (Å²) < 4.78 is 4.86. The third-order valence-electron chi connectivity index (χ3n) is 2.44. The van der Waals surface area contributed by atoms with Gasteiger partial charge < -0.3 is 15.4 Å². The second kappa shape index (κ2) is 8.29. The van der Waals surface area contributed by atoms with E-state index in [-0.39, 0.29) is 5.97 Å². The van der Waals surface area contributed by atoms with E-state index in [0.29, 0.717) is 19.6 Å². The maximum Gasteiger partial charge on any atom is 0.307 e. The maximum absolute atomic E-state index is 11.2. The third-order valence-corrected chi connectivity index (χ3v) is 2.44. The van der Waals surface area contributed by atoms with Gasteiger partial charge in [0.25, 0.3) is 0 Å². The highest BCUT2D eigenvalue weighted by Gasteiger charge is 2.05. The fourth-order valence-electron chi connectivity index (χ4n) is 1.58. The summed E-state index contributed by atoms with van der Waals surface area (Å²) in [7, 11) is 1.82. The second-order valence-electron chi connectivity index (χ2n) is 4.04. The molecular formula is C13H22N4O2. The van der Waals surface area contributed by atoms with E-state index < -0.39 is 0 Å². The Morgan fingerprint density at radius 2 is 2.05 bits per heavy atom. The van der Waals surface area contributed by atoms with Crippen molar-refractivity contribution >= 4 is 17.6 Å². The molecule has 0 radical (unpaired) electrons. The molecule has 0 aliphatic rings. The molecule has 106 valence electrons. The van der Waals surface area contributed by atoms with E-state index >= 15 is 0 Å². The highest BCUT2D eigenvalue weighted by Crippen LogP contribution is 2.12. The zero-order valence-corrected chi connectivity index (χ0v) is 11.8. The number of hydrogen-bond donors (Lipinski definition) is 2. The summed E-state index contributed by atoms with van der Waals surface area (Å²) in [6.07, 6.45) is 2.16. The number of aryl methyl sites for hydroxylation is 1. The Morgan fingerprint density at radius 1 is 1.32 bits per heavy atom. The van der Waals surface area contributed by atoms with Gasteiger partial charge in [-0.05, 0) is 13.3 Å². The lowest BCUT2D eigenvalue weighted by molar-refractivity contribution is -0.142. The molecule has 0 fully saturated rings. The van der Waals surface area contributed by atoms with Crippen LogP contribution in [0.3, 0.4) is 0 Å². The van der Waals surface area contributed by atoms with Gasteiger partial charge in [-0.25, -0.2) is 9.97 Å². The normalized spacial score (nSPS) is 10.1. The molecule has 2 N–H and O–H groups in total. The number of anilines is 2. The van der Waals surface area contributed by atoms with Crippen LogP contribution in [0.1, 0.15) is 32.5 Å². The molecule has 0 atom stereocenters. The molecule has 1 aromatic rings. The Balaban J connectivity index is 2.56. The van der Waals surface area contributed by atoms with Crippen molar-refractivity contribution in [2.24, 2.45) is 0 Å². The van der Waals surface area contributed by atoms with E-state index in [1.807, 2.05) is 13.1 Å². The largest absolute Gasteiger partial charge is 0.466 e. The van der Waals surface area contributed by atoms with Crippen LogP contribution in [-0.4, -0.2) is 36.1 Å². The van der Waals surface area contributed by atoms with Gasteiger partial charge in [0.1, 0.15) is 17.5 Å². The second-order valence-corrected chi connectivity index (χ2v) is 4.04. The smallest absolute Gasteiger partial charge is 0.307 e. The predicted octanol–water partition coefficient (Wildman–Crippen LogP) is 1.84. The minimum Gasteiger partial charge on any atom is -0.466 e. The van der Waals surface area contributed by atoms with Crippen LogP contribution in [0.4, 0.5) is 11.6 Å². The van der Waals surface area contributed by atoms with E-state index in [0.717, 1.165) is 30.3 Å². The Labute approximate surface area is 114 Å². The first-order chi connectivity index (χ1) is 9.19. The van der Waals surface area contributed by atoms with E-state index in [2.05, 4.69) is 27.5 Å². The summed E-state index contributed by atoms with van der Waals surface area (Å²) in [5.41, 5.74) is 0. The first-order valence-electron chi connectivity index (χ1n) is 6.64. The van der Waals surface area contributed by atoms with Gasteiger partial charge in [0.15, 0.2) is 0 Å². The number of aromatic nitrogens is 2. The van der Waals surface area contributed by atoms with Gasteiger partial charge in [0.05, 0.1) is 13.0 Å². The number of ether oxygens (including phenoxy) is 1. The average molecular weight is 266 g/mol. The van der Waals surface area contributed by atoms with Gasteiger partial charge in [-0.15, -0.1) is 0 Å². The number of rotatable bonds is 8. The van der Waals surface area contributed by atoms with Crippen molar-refractivity contribution < 1.29 is 9.53 Å². The molecule has 0 aromatic carbocycles. The Morgan fingerprint density at radius 3 is 2.68 bits per heavy atom. The van der Waals surface area contributed by atoms with Gasteiger partial charge in [-0.2, -0.15) is 0 Å². The first kappa shape index (κ1) is 15.2. The first-order valence-corrected chi connectivity index (χ1v) is 6.64. The van der Waals surface area contributed by atoms with Crippen molar-refractivity contribution in [1.29, 1.82) is 0 Å². The van der Waals surface area contributed by atoms with E-state index in [1.54, 1.807) is 6.92 Å². The molecule has 0 unspecified atom stereocenters. The van der Waals surface area contributed by atoms with Crippen LogP contribution in [-0.2, 0) is 16.0 Å². The summed E-state index contributed by atoms with van der Waals surface area (Å²) in [4.78, 5) is 20.0. The van der Waals surface area contributed by atoms with Gasteiger partial charge in [-0.1, -0.05) is 6.92 Å². The van der Waals surface area contributed by atoms with Crippen LogP contribution in [0.15, 0.2) is 6.07 Å². The summed E-state index contributed by atoms with van der Waals surface area (Å²) in [5, 5.41) is 6.12. The summed E-state index contributed by atoms with van der Waals surface area (Å²) in [6.45, 7) is 4.80. The zero-order valence-electron chi connectivity index (χ0n) is 11.8. The van der Waals surface area contributed by atoms with E-state index in [4.69, 9.17) is 4.74 Å². The van der Waals surface area contributed by atoms with Crippen molar-refractivity contribution in [2.45, 2.75) is 33.1 Å². The maximum atomic E-state index is 11.2. The number of hydrogen-bond acceptors (Lipinski definition) is 6. The Hall–Kier alpha value is -1.85. The summed E-state index contributed by atoms with van der Waals surface area (Å²) in [5.74, 6) is 2.10. The van der Waals surface area contributed by atoms with Crippen molar-refractivity contribution in [3.63, 3.8) is 0 Å². The standard InChI is InChI=1S/C13H22N4O2/c1-4-6-10-16-11(14-3)9-12(17-10)15-8-7-13(18)19-5-2/h9H,4-8H2,1-3H3,(H2,14,15,16,17). The fraction of sp³-hybridized carbons (Fsp3) is 0.615. The molecular weight excluding hydrogens is 244 g/mol. The van der Waals surface area contributed by atoms with Crippen molar-refractivity contribution in [3.05, 3.63) is 11.9 Å². The number of nitrogens with one attached hydrogen (secondary N) is 2. The Bertz CT molecular complexity index is 410. The monoisotopic (exact) mass is 266 g/mol.